The number of hydrogen-bond acceptors (Lipinski definition) is 1. The van der Waals surface area contributed by atoms with Gasteiger partial charge in [-0.05, 0) is 45.0 Å². The van der Waals surface area contributed by atoms with Crippen molar-refractivity contribution < 1.29 is 4.39 Å². The zero-order valence-electron chi connectivity index (χ0n) is 9.97. The van der Waals surface area contributed by atoms with Crippen LogP contribution in [-0.2, 0) is 0 Å². The minimum atomic E-state index is -0.170. The molecule has 0 fully saturated rings. The zero-order chi connectivity index (χ0) is 11.5. The van der Waals surface area contributed by atoms with Gasteiger partial charge in [-0.1, -0.05) is 19.1 Å². The van der Waals surface area contributed by atoms with E-state index in [0.29, 0.717) is 5.92 Å². The van der Waals surface area contributed by atoms with Gasteiger partial charge in [-0.15, -0.1) is 0 Å². The van der Waals surface area contributed by atoms with Crippen LogP contribution in [-0.4, -0.2) is 12.6 Å². The molecule has 84 valence electrons. The standard InChI is InChI=1S/C13H20FN/c1-5-12(13(2,3)15-4)10-6-8-11(14)9-7-10/h6-9,12,15H,5H2,1-4H3. The number of halogens is 1. The second kappa shape index (κ2) is 4.75. The van der Waals surface area contributed by atoms with Crippen LogP contribution >= 0.6 is 0 Å². The molecule has 1 atom stereocenters. The highest BCUT2D eigenvalue weighted by Gasteiger charge is 2.27. The first-order chi connectivity index (χ1) is 7.01. The van der Waals surface area contributed by atoms with Crippen molar-refractivity contribution in [2.45, 2.75) is 38.6 Å². The van der Waals surface area contributed by atoms with Crippen molar-refractivity contribution in [3.8, 4) is 0 Å². The Labute approximate surface area is 91.7 Å². The molecule has 0 aliphatic heterocycles. The lowest BCUT2D eigenvalue weighted by Crippen LogP contribution is -2.42. The minimum absolute atomic E-state index is 0.0343. The second-order valence-corrected chi connectivity index (χ2v) is 4.48. The molecule has 0 amide bonds. The number of rotatable bonds is 4. The van der Waals surface area contributed by atoms with Crippen LogP contribution in [0.25, 0.3) is 0 Å². The molecule has 0 bridgehead atoms. The monoisotopic (exact) mass is 209 g/mol. The van der Waals surface area contributed by atoms with Crippen molar-refractivity contribution >= 4 is 0 Å². The first-order valence-electron chi connectivity index (χ1n) is 5.45. The predicted octanol–water partition coefficient (Wildman–Crippen LogP) is 3.32. The molecule has 1 aromatic carbocycles. The van der Waals surface area contributed by atoms with Crippen LogP contribution < -0.4 is 5.32 Å². The molecule has 0 aliphatic rings. The Hall–Kier alpha value is -0.890. The maximum atomic E-state index is 12.8. The molecule has 1 rings (SSSR count). The van der Waals surface area contributed by atoms with Gasteiger partial charge in [0.2, 0.25) is 0 Å². The second-order valence-electron chi connectivity index (χ2n) is 4.48. The predicted molar refractivity (Wildman–Crippen MR) is 62.6 cm³/mol. The Bertz CT molecular complexity index is 303. The third-order valence-corrected chi connectivity index (χ3v) is 3.20. The molecule has 0 aromatic heterocycles. The van der Waals surface area contributed by atoms with Gasteiger partial charge in [0.25, 0.3) is 0 Å². The van der Waals surface area contributed by atoms with E-state index < -0.39 is 0 Å². The van der Waals surface area contributed by atoms with Crippen molar-refractivity contribution in [1.82, 2.24) is 5.32 Å². The van der Waals surface area contributed by atoms with Gasteiger partial charge in [-0.3, -0.25) is 0 Å². The smallest absolute Gasteiger partial charge is 0.123 e. The summed E-state index contributed by atoms with van der Waals surface area (Å²) >= 11 is 0. The summed E-state index contributed by atoms with van der Waals surface area (Å²) < 4.78 is 12.8. The largest absolute Gasteiger partial charge is 0.314 e. The Morgan fingerprint density at radius 3 is 2.20 bits per heavy atom. The third kappa shape index (κ3) is 2.78. The van der Waals surface area contributed by atoms with Gasteiger partial charge in [0.1, 0.15) is 5.82 Å². The molecule has 0 saturated carbocycles. The maximum Gasteiger partial charge on any atom is 0.123 e. The van der Waals surface area contributed by atoms with Crippen LogP contribution in [0.15, 0.2) is 24.3 Å². The van der Waals surface area contributed by atoms with Crippen LogP contribution in [0, 0.1) is 5.82 Å². The van der Waals surface area contributed by atoms with Gasteiger partial charge in [0.15, 0.2) is 0 Å². The Balaban J connectivity index is 2.97. The number of benzene rings is 1. The Morgan fingerprint density at radius 2 is 1.80 bits per heavy atom. The van der Waals surface area contributed by atoms with Crippen molar-refractivity contribution in [1.29, 1.82) is 0 Å². The Kier molecular flexibility index (Phi) is 3.86. The highest BCUT2D eigenvalue weighted by Crippen LogP contribution is 2.30. The molecule has 0 spiro atoms. The summed E-state index contributed by atoms with van der Waals surface area (Å²) in [6.07, 6.45) is 1.04. The van der Waals surface area contributed by atoms with Crippen LogP contribution in [0.2, 0.25) is 0 Å². The first kappa shape index (κ1) is 12.2. The zero-order valence-corrected chi connectivity index (χ0v) is 9.97. The topological polar surface area (TPSA) is 12.0 Å². The SMILES string of the molecule is CCC(c1ccc(F)cc1)C(C)(C)NC. The highest BCUT2D eigenvalue weighted by atomic mass is 19.1. The normalized spacial score (nSPS) is 13.9. The summed E-state index contributed by atoms with van der Waals surface area (Å²) in [4.78, 5) is 0. The quantitative estimate of drug-likeness (QED) is 0.802. The lowest BCUT2D eigenvalue weighted by atomic mass is 9.80. The van der Waals surface area contributed by atoms with E-state index >= 15 is 0 Å². The number of hydrogen-bond donors (Lipinski definition) is 1. The van der Waals surface area contributed by atoms with E-state index in [9.17, 15) is 4.39 Å². The summed E-state index contributed by atoms with van der Waals surface area (Å²) in [6, 6.07) is 6.82. The van der Waals surface area contributed by atoms with Crippen LogP contribution in [0.5, 0.6) is 0 Å². The van der Waals surface area contributed by atoms with Gasteiger partial charge in [0.05, 0.1) is 0 Å². The third-order valence-electron chi connectivity index (χ3n) is 3.20. The fraction of sp³-hybridized carbons (Fsp3) is 0.538. The molecule has 1 nitrogen and oxygen atoms in total. The summed E-state index contributed by atoms with van der Waals surface area (Å²) in [6.45, 7) is 6.50. The fourth-order valence-electron chi connectivity index (χ4n) is 2.03. The van der Waals surface area contributed by atoms with E-state index in [0.717, 1.165) is 6.42 Å². The molecule has 0 aliphatic carbocycles. The van der Waals surface area contributed by atoms with Crippen molar-refractivity contribution in [3.63, 3.8) is 0 Å². The molecular weight excluding hydrogens is 189 g/mol. The molecule has 2 heteroatoms. The summed E-state index contributed by atoms with van der Waals surface area (Å²) in [7, 11) is 1.96. The molecular formula is C13H20FN. The van der Waals surface area contributed by atoms with Gasteiger partial charge >= 0.3 is 0 Å². The van der Waals surface area contributed by atoms with Gasteiger partial charge in [-0.2, -0.15) is 0 Å². The van der Waals surface area contributed by atoms with Crippen LogP contribution in [0.3, 0.4) is 0 Å². The fourth-order valence-corrected chi connectivity index (χ4v) is 2.03. The van der Waals surface area contributed by atoms with E-state index in [2.05, 4.69) is 26.1 Å². The van der Waals surface area contributed by atoms with E-state index in [1.54, 1.807) is 0 Å². The van der Waals surface area contributed by atoms with Gasteiger partial charge in [0, 0.05) is 11.5 Å². The van der Waals surface area contributed by atoms with Crippen molar-refractivity contribution in [2.75, 3.05) is 7.05 Å². The minimum Gasteiger partial charge on any atom is -0.314 e. The lowest BCUT2D eigenvalue weighted by Gasteiger charge is -2.34. The molecule has 0 heterocycles. The average molecular weight is 209 g/mol. The van der Waals surface area contributed by atoms with Crippen molar-refractivity contribution in [2.24, 2.45) is 0 Å². The van der Waals surface area contributed by atoms with Crippen LogP contribution in [0.1, 0.15) is 38.7 Å². The molecule has 15 heavy (non-hydrogen) atoms. The van der Waals surface area contributed by atoms with Crippen LogP contribution in [0.4, 0.5) is 4.39 Å². The lowest BCUT2D eigenvalue weighted by molar-refractivity contribution is 0.335. The van der Waals surface area contributed by atoms with E-state index in [1.807, 2.05) is 19.2 Å². The number of nitrogens with one attached hydrogen (secondary N) is 1. The van der Waals surface area contributed by atoms with E-state index in [4.69, 9.17) is 0 Å². The van der Waals surface area contributed by atoms with Gasteiger partial charge < -0.3 is 5.32 Å². The molecule has 1 aromatic rings. The van der Waals surface area contributed by atoms with Crippen molar-refractivity contribution in [3.05, 3.63) is 35.6 Å². The van der Waals surface area contributed by atoms with E-state index in [1.165, 1.54) is 17.7 Å². The molecule has 1 N–H and O–H groups in total. The molecule has 1 unspecified atom stereocenters. The highest BCUT2D eigenvalue weighted by molar-refractivity contribution is 5.23. The molecule has 0 saturated heterocycles. The van der Waals surface area contributed by atoms with E-state index in [-0.39, 0.29) is 11.4 Å². The Morgan fingerprint density at radius 1 is 1.27 bits per heavy atom. The van der Waals surface area contributed by atoms with Gasteiger partial charge in [-0.25, -0.2) is 4.39 Å². The first-order valence-corrected chi connectivity index (χ1v) is 5.45. The summed E-state index contributed by atoms with van der Waals surface area (Å²) in [5.41, 5.74) is 1.23. The summed E-state index contributed by atoms with van der Waals surface area (Å²) in [5.74, 6) is 0.235. The summed E-state index contributed by atoms with van der Waals surface area (Å²) in [5, 5.41) is 3.31. The average Bonchev–Trinajstić information content (AvgIpc) is 2.22. The molecule has 0 radical (unpaired) electrons. The number of likely N-dealkylation sites (N-methyl/N-ethyl adjacent to an activating group) is 1. The maximum absolute atomic E-state index is 12.8.